The molecule has 0 heterocycles. The van der Waals surface area contributed by atoms with Crippen molar-refractivity contribution in [1.82, 2.24) is 5.32 Å². The van der Waals surface area contributed by atoms with Gasteiger partial charge in [0.25, 0.3) is 10.0 Å². The zero-order valence-corrected chi connectivity index (χ0v) is 20.3. The number of rotatable bonds is 10. The Morgan fingerprint density at radius 1 is 0.879 bits per heavy atom. The molecule has 0 spiro atoms. The van der Waals surface area contributed by atoms with Gasteiger partial charge in [0.05, 0.1) is 16.6 Å². The average molecular weight is 465 g/mol. The Bertz CT molecular complexity index is 1130. The van der Waals surface area contributed by atoms with Crippen molar-refractivity contribution in [1.29, 1.82) is 0 Å². The van der Waals surface area contributed by atoms with Crippen LogP contribution in [0, 0.1) is 5.92 Å². The second kappa shape index (κ2) is 11.1. The van der Waals surface area contributed by atoms with E-state index in [2.05, 4.69) is 19.2 Å². The summed E-state index contributed by atoms with van der Waals surface area (Å²) in [4.78, 5) is 13.3. The first kappa shape index (κ1) is 24.5. The molecule has 3 rings (SSSR count). The van der Waals surface area contributed by atoms with Gasteiger partial charge in [0.1, 0.15) is 6.54 Å². The van der Waals surface area contributed by atoms with Crippen LogP contribution in [0.2, 0.25) is 0 Å². The third kappa shape index (κ3) is 6.45. The van der Waals surface area contributed by atoms with Crippen LogP contribution < -0.4 is 9.62 Å². The molecule has 0 aliphatic heterocycles. The van der Waals surface area contributed by atoms with Crippen LogP contribution in [0.3, 0.4) is 0 Å². The molecule has 1 atom stereocenters. The molecule has 5 nitrogen and oxygen atoms in total. The molecule has 0 fully saturated rings. The molecule has 0 aliphatic carbocycles. The number of benzene rings is 3. The van der Waals surface area contributed by atoms with Gasteiger partial charge in [-0.05, 0) is 54.2 Å². The summed E-state index contributed by atoms with van der Waals surface area (Å²) in [5.74, 6) is 0.0184. The Kier molecular flexibility index (Phi) is 8.28. The Hall–Kier alpha value is -3.12. The molecule has 1 N–H and O–H groups in total. The summed E-state index contributed by atoms with van der Waals surface area (Å²) in [5, 5.41) is 3.07. The molecule has 0 saturated carbocycles. The number of hydrogen-bond donors (Lipinski definition) is 1. The Labute approximate surface area is 197 Å². The minimum Gasteiger partial charge on any atom is -0.348 e. The molecule has 0 bridgehead atoms. The van der Waals surface area contributed by atoms with E-state index in [0.29, 0.717) is 11.6 Å². The molecule has 3 aromatic rings. The first-order chi connectivity index (χ1) is 15.8. The fourth-order valence-corrected chi connectivity index (χ4v) is 5.18. The van der Waals surface area contributed by atoms with Crippen molar-refractivity contribution in [2.24, 2.45) is 5.92 Å². The van der Waals surface area contributed by atoms with Crippen molar-refractivity contribution in [3.63, 3.8) is 0 Å². The lowest BCUT2D eigenvalue weighted by molar-refractivity contribution is -0.120. The molecule has 0 unspecified atom stereocenters. The van der Waals surface area contributed by atoms with Crippen molar-refractivity contribution in [3.05, 3.63) is 96.1 Å². The Morgan fingerprint density at radius 2 is 1.45 bits per heavy atom. The number of hydrogen-bond acceptors (Lipinski definition) is 3. The lowest BCUT2D eigenvalue weighted by atomic mass is 9.97. The fourth-order valence-electron chi connectivity index (χ4n) is 3.74. The van der Waals surface area contributed by atoms with Crippen molar-refractivity contribution < 1.29 is 13.2 Å². The van der Waals surface area contributed by atoms with E-state index in [1.165, 1.54) is 4.31 Å². The summed E-state index contributed by atoms with van der Waals surface area (Å²) in [6.45, 7) is 5.94. The van der Waals surface area contributed by atoms with Crippen molar-refractivity contribution in [3.8, 4) is 0 Å². The Balaban J connectivity index is 1.91. The van der Waals surface area contributed by atoms with E-state index in [0.717, 1.165) is 24.0 Å². The summed E-state index contributed by atoms with van der Waals surface area (Å²) in [6, 6.07) is 25.1. The third-order valence-electron chi connectivity index (χ3n) is 5.50. The number of carbonyl (C=O) groups is 1. The molecule has 0 saturated heterocycles. The van der Waals surface area contributed by atoms with Gasteiger partial charge in [0.2, 0.25) is 5.91 Å². The average Bonchev–Trinajstić information content (AvgIpc) is 2.83. The number of aryl methyl sites for hydroxylation is 1. The van der Waals surface area contributed by atoms with Crippen LogP contribution in [0.1, 0.15) is 44.4 Å². The maximum atomic E-state index is 13.5. The van der Waals surface area contributed by atoms with E-state index in [1.807, 2.05) is 49.4 Å². The first-order valence-corrected chi connectivity index (χ1v) is 12.8. The minimum atomic E-state index is -3.92. The van der Waals surface area contributed by atoms with E-state index in [1.54, 1.807) is 42.5 Å². The third-order valence-corrected chi connectivity index (χ3v) is 7.28. The SMILES string of the molecule is CCc1ccc(N(CC(=O)N[C@H](CC(C)C)c2ccccc2)S(=O)(=O)c2ccccc2)cc1. The molecular weight excluding hydrogens is 432 g/mol. The highest BCUT2D eigenvalue weighted by Gasteiger charge is 2.28. The lowest BCUT2D eigenvalue weighted by Gasteiger charge is -2.26. The van der Waals surface area contributed by atoms with Gasteiger partial charge in [-0.25, -0.2) is 8.42 Å². The van der Waals surface area contributed by atoms with E-state index in [4.69, 9.17) is 0 Å². The molecule has 0 aromatic heterocycles. The summed E-state index contributed by atoms with van der Waals surface area (Å²) in [5.41, 5.74) is 2.57. The fraction of sp³-hybridized carbons (Fsp3) is 0.296. The van der Waals surface area contributed by atoms with E-state index in [-0.39, 0.29) is 23.4 Å². The van der Waals surface area contributed by atoms with Crippen molar-refractivity contribution in [2.75, 3.05) is 10.8 Å². The second-order valence-corrected chi connectivity index (χ2v) is 10.4. The van der Waals surface area contributed by atoms with Crippen LogP contribution >= 0.6 is 0 Å². The Morgan fingerprint density at radius 3 is 2.00 bits per heavy atom. The van der Waals surface area contributed by atoms with E-state index < -0.39 is 10.0 Å². The van der Waals surface area contributed by atoms with Gasteiger partial charge in [0.15, 0.2) is 0 Å². The van der Waals surface area contributed by atoms with Gasteiger partial charge in [-0.1, -0.05) is 81.4 Å². The summed E-state index contributed by atoms with van der Waals surface area (Å²) in [6.07, 6.45) is 1.60. The van der Waals surface area contributed by atoms with Gasteiger partial charge in [-0.2, -0.15) is 0 Å². The summed E-state index contributed by atoms with van der Waals surface area (Å²) >= 11 is 0. The minimum absolute atomic E-state index is 0.152. The molecule has 33 heavy (non-hydrogen) atoms. The zero-order valence-electron chi connectivity index (χ0n) is 19.4. The largest absolute Gasteiger partial charge is 0.348 e. The first-order valence-electron chi connectivity index (χ1n) is 11.3. The number of nitrogens with one attached hydrogen (secondary N) is 1. The van der Waals surface area contributed by atoms with Crippen LogP contribution in [0.4, 0.5) is 5.69 Å². The predicted molar refractivity (Wildman–Crippen MR) is 134 cm³/mol. The van der Waals surface area contributed by atoms with Gasteiger partial charge in [0, 0.05) is 0 Å². The number of nitrogens with zero attached hydrogens (tertiary/aromatic N) is 1. The summed E-state index contributed by atoms with van der Waals surface area (Å²) < 4.78 is 28.2. The maximum Gasteiger partial charge on any atom is 0.264 e. The highest BCUT2D eigenvalue weighted by atomic mass is 32.2. The smallest absolute Gasteiger partial charge is 0.264 e. The number of sulfonamides is 1. The number of amides is 1. The standard InChI is InChI=1S/C27H32N2O3S/c1-4-22-15-17-24(18-16-22)29(33(31,32)25-13-9-6-10-14-25)20-27(30)28-26(19-21(2)3)23-11-7-5-8-12-23/h5-18,21,26H,4,19-20H2,1-3H3,(H,28,30)/t26-/m1/s1. The summed E-state index contributed by atoms with van der Waals surface area (Å²) in [7, 11) is -3.92. The van der Waals surface area contributed by atoms with Gasteiger partial charge in [-0.3, -0.25) is 9.10 Å². The topological polar surface area (TPSA) is 66.5 Å². The molecule has 0 radical (unpaired) electrons. The maximum absolute atomic E-state index is 13.5. The molecule has 174 valence electrons. The quantitative estimate of drug-likeness (QED) is 0.440. The van der Waals surface area contributed by atoms with Crippen LogP contribution in [-0.2, 0) is 21.2 Å². The van der Waals surface area contributed by atoms with Crippen molar-refractivity contribution >= 4 is 21.6 Å². The lowest BCUT2D eigenvalue weighted by Crippen LogP contribution is -2.42. The molecule has 1 amide bonds. The number of anilines is 1. The van der Waals surface area contributed by atoms with Crippen molar-refractivity contribution in [2.45, 2.75) is 44.6 Å². The van der Waals surface area contributed by atoms with Crippen LogP contribution in [0.5, 0.6) is 0 Å². The van der Waals surface area contributed by atoms with E-state index in [9.17, 15) is 13.2 Å². The van der Waals surface area contributed by atoms with E-state index >= 15 is 0 Å². The van der Waals surface area contributed by atoms with Crippen LogP contribution in [0.15, 0.2) is 89.8 Å². The van der Waals surface area contributed by atoms with Gasteiger partial charge >= 0.3 is 0 Å². The molecular formula is C27H32N2O3S. The van der Waals surface area contributed by atoms with Crippen LogP contribution in [0.25, 0.3) is 0 Å². The highest BCUT2D eigenvalue weighted by Crippen LogP contribution is 2.25. The molecule has 6 heteroatoms. The van der Waals surface area contributed by atoms with Gasteiger partial charge in [-0.15, -0.1) is 0 Å². The molecule has 0 aliphatic rings. The van der Waals surface area contributed by atoms with Crippen LogP contribution in [-0.4, -0.2) is 20.9 Å². The monoisotopic (exact) mass is 464 g/mol. The number of carbonyl (C=O) groups excluding carboxylic acids is 1. The predicted octanol–water partition coefficient (Wildman–Crippen LogP) is 5.35. The second-order valence-electron chi connectivity index (χ2n) is 8.51. The van der Waals surface area contributed by atoms with Gasteiger partial charge < -0.3 is 5.32 Å². The highest BCUT2D eigenvalue weighted by molar-refractivity contribution is 7.92. The molecule has 3 aromatic carbocycles. The zero-order chi connectivity index (χ0) is 23.8. The normalized spacial score (nSPS) is 12.4.